The molecule has 1 aromatic carbocycles. The third kappa shape index (κ3) is 2.79. The molecular weight excluding hydrogens is 235 g/mol. The number of benzene rings is 1. The molecule has 0 atom stereocenters. The quantitative estimate of drug-likeness (QED) is 0.786. The summed E-state index contributed by atoms with van der Waals surface area (Å²) in [4.78, 5) is 12.0. The van der Waals surface area contributed by atoms with Gasteiger partial charge in [-0.25, -0.2) is 4.39 Å². The summed E-state index contributed by atoms with van der Waals surface area (Å²) in [6, 6.07) is 2.93. The molecule has 5 heteroatoms. The van der Waals surface area contributed by atoms with Crippen molar-refractivity contribution in [1.29, 1.82) is 0 Å². The first-order valence-electron chi connectivity index (χ1n) is 6.02. The molecule has 1 saturated heterocycles. The number of nitrogen functional groups attached to an aromatic ring is 1. The number of halogens is 1. The van der Waals surface area contributed by atoms with Crippen molar-refractivity contribution in [2.75, 3.05) is 18.9 Å². The second-order valence-corrected chi connectivity index (χ2v) is 4.56. The summed E-state index contributed by atoms with van der Waals surface area (Å²) in [5.41, 5.74) is 6.42. The zero-order valence-electron chi connectivity index (χ0n) is 10.3. The Morgan fingerprint density at radius 2 is 2.11 bits per heavy atom. The number of aryl methyl sites for hydroxylation is 1. The Bertz CT molecular complexity index is 457. The van der Waals surface area contributed by atoms with E-state index in [4.69, 9.17) is 10.5 Å². The molecule has 1 aromatic rings. The average Bonchev–Trinajstić information content (AvgIpc) is 2.35. The Hall–Kier alpha value is -1.62. The number of hydrogen-bond donors (Lipinski definition) is 2. The van der Waals surface area contributed by atoms with Crippen LogP contribution >= 0.6 is 0 Å². The van der Waals surface area contributed by atoms with Gasteiger partial charge in [0.25, 0.3) is 5.91 Å². The molecule has 0 bridgehead atoms. The van der Waals surface area contributed by atoms with Crippen LogP contribution in [-0.2, 0) is 4.74 Å². The van der Waals surface area contributed by atoms with Crippen LogP contribution in [0, 0.1) is 12.7 Å². The van der Waals surface area contributed by atoms with Crippen molar-refractivity contribution >= 4 is 11.6 Å². The Balaban J connectivity index is 2.13. The van der Waals surface area contributed by atoms with Gasteiger partial charge in [0, 0.05) is 24.9 Å². The SMILES string of the molecule is Cc1cc(N)cc(C(=O)NC2CCOCC2)c1F. The second-order valence-electron chi connectivity index (χ2n) is 4.56. The van der Waals surface area contributed by atoms with E-state index >= 15 is 0 Å². The molecule has 1 fully saturated rings. The number of nitrogens with two attached hydrogens (primary N) is 1. The fourth-order valence-corrected chi connectivity index (χ4v) is 2.07. The zero-order valence-corrected chi connectivity index (χ0v) is 10.3. The lowest BCUT2D eigenvalue weighted by Gasteiger charge is -2.23. The van der Waals surface area contributed by atoms with Gasteiger partial charge in [0.05, 0.1) is 5.56 Å². The van der Waals surface area contributed by atoms with Gasteiger partial charge in [-0.15, -0.1) is 0 Å². The normalized spacial score (nSPS) is 16.6. The molecule has 4 nitrogen and oxygen atoms in total. The Morgan fingerprint density at radius 3 is 2.78 bits per heavy atom. The van der Waals surface area contributed by atoms with E-state index in [9.17, 15) is 9.18 Å². The van der Waals surface area contributed by atoms with Crippen LogP contribution in [-0.4, -0.2) is 25.2 Å². The third-order valence-corrected chi connectivity index (χ3v) is 3.08. The molecule has 0 aliphatic carbocycles. The number of carbonyl (C=O) groups is 1. The molecule has 1 heterocycles. The van der Waals surface area contributed by atoms with Crippen LogP contribution in [0.5, 0.6) is 0 Å². The Labute approximate surface area is 105 Å². The van der Waals surface area contributed by atoms with Crippen molar-refractivity contribution < 1.29 is 13.9 Å². The van der Waals surface area contributed by atoms with E-state index < -0.39 is 11.7 Å². The topological polar surface area (TPSA) is 64.4 Å². The molecular formula is C13H17FN2O2. The minimum absolute atomic E-state index is 0.0130. The Kier molecular flexibility index (Phi) is 3.81. The summed E-state index contributed by atoms with van der Waals surface area (Å²) in [5, 5.41) is 2.82. The maximum Gasteiger partial charge on any atom is 0.254 e. The molecule has 18 heavy (non-hydrogen) atoms. The third-order valence-electron chi connectivity index (χ3n) is 3.08. The lowest BCUT2D eigenvalue weighted by molar-refractivity contribution is 0.0694. The van der Waals surface area contributed by atoms with E-state index in [-0.39, 0.29) is 11.6 Å². The number of nitrogens with one attached hydrogen (secondary N) is 1. The summed E-state index contributed by atoms with van der Waals surface area (Å²) in [7, 11) is 0. The molecule has 0 radical (unpaired) electrons. The summed E-state index contributed by atoms with van der Waals surface area (Å²) in [6.07, 6.45) is 1.52. The zero-order chi connectivity index (χ0) is 13.1. The van der Waals surface area contributed by atoms with Crippen LogP contribution in [0.4, 0.5) is 10.1 Å². The highest BCUT2D eigenvalue weighted by Crippen LogP contribution is 2.17. The molecule has 0 unspecified atom stereocenters. The van der Waals surface area contributed by atoms with E-state index in [0.29, 0.717) is 24.5 Å². The first-order chi connectivity index (χ1) is 8.58. The van der Waals surface area contributed by atoms with Crippen LogP contribution in [0.3, 0.4) is 0 Å². The average molecular weight is 252 g/mol. The smallest absolute Gasteiger partial charge is 0.254 e. The standard InChI is InChI=1S/C13H17FN2O2/c1-8-6-9(15)7-11(12(8)14)13(17)16-10-2-4-18-5-3-10/h6-7,10H,2-5,15H2,1H3,(H,16,17). The van der Waals surface area contributed by atoms with E-state index in [2.05, 4.69) is 5.32 Å². The largest absolute Gasteiger partial charge is 0.399 e. The molecule has 1 amide bonds. The van der Waals surface area contributed by atoms with Crippen LogP contribution < -0.4 is 11.1 Å². The highest BCUT2D eigenvalue weighted by atomic mass is 19.1. The Morgan fingerprint density at radius 1 is 1.44 bits per heavy atom. The summed E-state index contributed by atoms with van der Waals surface area (Å²) in [5.74, 6) is -0.913. The highest BCUT2D eigenvalue weighted by molar-refractivity contribution is 5.95. The highest BCUT2D eigenvalue weighted by Gasteiger charge is 2.20. The van der Waals surface area contributed by atoms with Crippen LogP contribution in [0.2, 0.25) is 0 Å². The van der Waals surface area contributed by atoms with Gasteiger partial charge in [-0.1, -0.05) is 0 Å². The molecule has 2 rings (SSSR count). The fraction of sp³-hybridized carbons (Fsp3) is 0.462. The minimum Gasteiger partial charge on any atom is -0.399 e. The first kappa shape index (κ1) is 12.8. The van der Waals surface area contributed by atoms with Gasteiger partial charge in [0.15, 0.2) is 0 Å². The number of rotatable bonds is 2. The van der Waals surface area contributed by atoms with Crippen molar-refractivity contribution in [2.24, 2.45) is 0 Å². The number of amides is 1. The van der Waals surface area contributed by atoms with E-state index in [1.54, 1.807) is 6.92 Å². The van der Waals surface area contributed by atoms with Crippen LogP contribution in [0.25, 0.3) is 0 Å². The number of anilines is 1. The summed E-state index contributed by atoms with van der Waals surface area (Å²) < 4.78 is 19.0. The van der Waals surface area contributed by atoms with Crippen molar-refractivity contribution in [2.45, 2.75) is 25.8 Å². The van der Waals surface area contributed by atoms with Gasteiger partial charge in [-0.3, -0.25) is 4.79 Å². The fourth-order valence-electron chi connectivity index (χ4n) is 2.07. The van der Waals surface area contributed by atoms with Crippen molar-refractivity contribution in [3.8, 4) is 0 Å². The molecule has 1 aliphatic rings. The lowest BCUT2D eigenvalue weighted by Crippen LogP contribution is -2.39. The van der Waals surface area contributed by atoms with Gasteiger partial charge in [-0.2, -0.15) is 0 Å². The monoisotopic (exact) mass is 252 g/mol. The summed E-state index contributed by atoms with van der Waals surface area (Å²) in [6.45, 7) is 2.85. The first-order valence-corrected chi connectivity index (χ1v) is 6.02. The number of carbonyl (C=O) groups excluding carboxylic acids is 1. The molecule has 0 aromatic heterocycles. The van der Waals surface area contributed by atoms with E-state index in [1.165, 1.54) is 12.1 Å². The molecule has 3 N–H and O–H groups in total. The number of hydrogen-bond acceptors (Lipinski definition) is 3. The van der Waals surface area contributed by atoms with Gasteiger partial charge in [0.2, 0.25) is 0 Å². The van der Waals surface area contributed by atoms with Gasteiger partial charge in [-0.05, 0) is 37.5 Å². The molecule has 0 spiro atoms. The van der Waals surface area contributed by atoms with Crippen LogP contribution in [0.15, 0.2) is 12.1 Å². The predicted octanol–water partition coefficient (Wildman–Crippen LogP) is 1.63. The summed E-state index contributed by atoms with van der Waals surface area (Å²) >= 11 is 0. The lowest BCUT2D eigenvalue weighted by atomic mass is 10.1. The van der Waals surface area contributed by atoms with Crippen molar-refractivity contribution in [3.05, 3.63) is 29.1 Å². The van der Waals surface area contributed by atoms with Gasteiger partial charge >= 0.3 is 0 Å². The molecule has 0 saturated carbocycles. The maximum atomic E-state index is 13.8. The molecule has 98 valence electrons. The van der Waals surface area contributed by atoms with Crippen LogP contribution in [0.1, 0.15) is 28.8 Å². The second kappa shape index (κ2) is 5.35. The van der Waals surface area contributed by atoms with Gasteiger partial charge in [0.1, 0.15) is 5.82 Å². The molecule has 1 aliphatic heterocycles. The number of ether oxygens (including phenoxy) is 1. The van der Waals surface area contributed by atoms with Gasteiger partial charge < -0.3 is 15.8 Å². The van der Waals surface area contributed by atoms with E-state index in [0.717, 1.165) is 12.8 Å². The minimum atomic E-state index is -0.506. The van der Waals surface area contributed by atoms with Crippen molar-refractivity contribution in [1.82, 2.24) is 5.32 Å². The van der Waals surface area contributed by atoms with E-state index in [1.807, 2.05) is 0 Å². The maximum absolute atomic E-state index is 13.8. The predicted molar refractivity (Wildman–Crippen MR) is 66.9 cm³/mol. The van der Waals surface area contributed by atoms with Crippen molar-refractivity contribution in [3.63, 3.8) is 0 Å².